The summed E-state index contributed by atoms with van der Waals surface area (Å²) in [4.78, 5) is 15.6. The second-order valence-electron chi connectivity index (χ2n) is 5.86. The number of ether oxygens (including phenoxy) is 1. The molecular weight excluding hydrogens is 246 g/mol. The summed E-state index contributed by atoms with van der Waals surface area (Å²) in [5.74, 6) is 0.479. The molecule has 0 N–H and O–H groups in total. The molecule has 1 aromatic rings. The minimum atomic E-state index is -0.448. The van der Waals surface area contributed by atoms with Gasteiger partial charge >= 0.3 is 5.97 Å². The van der Waals surface area contributed by atoms with Gasteiger partial charge < -0.3 is 4.74 Å². The Hall–Kier alpha value is -1.50. The molecule has 1 aliphatic heterocycles. The molecule has 0 radical (unpaired) electrons. The van der Waals surface area contributed by atoms with Gasteiger partial charge in [0.1, 0.15) is 11.6 Å². The van der Waals surface area contributed by atoms with Crippen LogP contribution in [0.4, 0.5) is 0 Å². The summed E-state index contributed by atoms with van der Waals surface area (Å²) in [6.07, 6.45) is 1.82. The molecule has 1 saturated heterocycles. The minimum Gasteiger partial charge on any atom is -0.459 e. The van der Waals surface area contributed by atoms with Gasteiger partial charge in [-0.1, -0.05) is 0 Å². The van der Waals surface area contributed by atoms with E-state index in [4.69, 9.17) is 4.74 Å². The van der Waals surface area contributed by atoms with Crippen molar-refractivity contribution in [1.29, 1.82) is 0 Å². The zero-order chi connectivity index (χ0) is 14.0. The summed E-state index contributed by atoms with van der Waals surface area (Å²) < 4.78 is 5.45. The van der Waals surface area contributed by atoms with Gasteiger partial charge in [-0.15, -0.1) is 10.2 Å². The number of esters is 1. The molecular formula is C12H21N5O2. The predicted octanol–water partition coefficient (Wildman–Crippen LogP) is 0.516. The number of carbonyl (C=O) groups is 1. The first-order valence-corrected chi connectivity index (χ1v) is 6.55. The predicted molar refractivity (Wildman–Crippen MR) is 68.1 cm³/mol. The van der Waals surface area contributed by atoms with Gasteiger partial charge in [-0.25, -0.2) is 0 Å². The second-order valence-corrected chi connectivity index (χ2v) is 5.86. The Bertz CT molecular complexity index is 451. The van der Waals surface area contributed by atoms with Crippen molar-refractivity contribution >= 4 is 5.97 Å². The van der Waals surface area contributed by atoms with E-state index in [1.807, 2.05) is 20.8 Å². The first kappa shape index (κ1) is 13.9. The largest absolute Gasteiger partial charge is 0.459 e. The van der Waals surface area contributed by atoms with E-state index in [1.165, 1.54) is 4.80 Å². The van der Waals surface area contributed by atoms with E-state index in [2.05, 4.69) is 20.3 Å². The number of aryl methyl sites for hydroxylation is 1. The Kier molecular flexibility index (Phi) is 3.84. The molecule has 1 atom stereocenters. The number of aromatic nitrogens is 4. The summed E-state index contributed by atoms with van der Waals surface area (Å²) in [5, 5.41) is 11.9. The lowest BCUT2D eigenvalue weighted by molar-refractivity contribution is -0.160. The van der Waals surface area contributed by atoms with Crippen LogP contribution >= 0.6 is 0 Å². The van der Waals surface area contributed by atoms with Crippen molar-refractivity contribution in [2.24, 2.45) is 7.05 Å². The van der Waals surface area contributed by atoms with Crippen molar-refractivity contribution < 1.29 is 9.53 Å². The van der Waals surface area contributed by atoms with Crippen LogP contribution in [-0.2, 0) is 23.1 Å². The molecule has 106 valence electrons. The highest BCUT2D eigenvalue weighted by Gasteiger charge is 2.34. The van der Waals surface area contributed by atoms with Crippen LogP contribution in [0.15, 0.2) is 0 Å². The average Bonchev–Trinajstić information content (AvgIpc) is 2.86. The smallest absolute Gasteiger partial charge is 0.323 e. The molecule has 0 aromatic carbocycles. The quantitative estimate of drug-likeness (QED) is 0.743. The van der Waals surface area contributed by atoms with Crippen molar-refractivity contribution in [2.75, 3.05) is 6.54 Å². The van der Waals surface area contributed by atoms with Crippen LogP contribution in [-0.4, -0.2) is 49.3 Å². The van der Waals surface area contributed by atoms with E-state index in [0.717, 1.165) is 19.4 Å². The average molecular weight is 267 g/mol. The maximum Gasteiger partial charge on any atom is 0.323 e. The maximum atomic E-state index is 12.1. The van der Waals surface area contributed by atoms with Gasteiger partial charge in [0.05, 0.1) is 13.6 Å². The molecule has 2 rings (SSSR count). The molecule has 0 spiro atoms. The van der Waals surface area contributed by atoms with Gasteiger partial charge in [0.15, 0.2) is 5.82 Å². The summed E-state index contributed by atoms with van der Waals surface area (Å²) in [6, 6.07) is -0.192. The van der Waals surface area contributed by atoms with Crippen molar-refractivity contribution in [1.82, 2.24) is 25.1 Å². The van der Waals surface area contributed by atoms with Gasteiger partial charge in [0.2, 0.25) is 0 Å². The fraction of sp³-hybridized carbons (Fsp3) is 0.833. The van der Waals surface area contributed by atoms with Crippen LogP contribution in [0.25, 0.3) is 0 Å². The Morgan fingerprint density at radius 3 is 2.79 bits per heavy atom. The number of likely N-dealkylation sites (tertiary alicyclic amines) is 1. The fourth-order valence-corrected chi connectivity index (χ4v) is 2.22. The van der Waals surface area contributed by atoms with Crippen LogP contribution < -0.4 is 0 Å². The molecule has 0 unspecified atom stereocenters. The van der Waals surface area contributed by atoms with Crippen LogP contribution in [0.1, 0.15) is 39.4 Å². The van der Waals surface area contributed by atoms with Crippen LogP contribution in [0.2, 0.25) is 0 Å². The zero-order valence-corrected chi connectivity index (χ0v) is 12.0. The number of rotatable bonds is 3. The highest BCUT2D eigenvalue weighted by molar-refractivity contribution is 5.76. The lowest BCUT2D eigenvalue weighted by atomic mass is 10.1. The second kappa shape index (κ2) is 5.24. The third kappa shape index (κ3) is 3.73. The van der Waals surface area contributed by atoms with Gasteiger partial charge in [0.25, 0.3) is 0 Å². The number of hydrogen-bond donors (Lipinski definition) is 0. The highest BCUT2D eigenvalue weighted by atomic mass is 16.6. The summed E-state index contributed by atoms with van der Waals surface area (Å²) in [5.41, 5.74) is -0.448. The van der Waals surface area contributed by atoms with Crippen molar-refractivity contribution in [3.05, 3.63) is 5.82 Å². The molecule has 1 aliphatic rings. The molecule has 2 heterocycles. The third-order valence-corrected chi connectivity index (χ3v) is 2.94. The van der Waals surface area contributed by atoms with E-state index < -0.39 is 5.60 Å². The maximum absolute atomic E-state index is 12.1. The Labute approximate surface area is 112 Å². The monoisotopic (exact) mass is 267 g/mol. The normalized spacial score (nSPS) is 20.7. The Morgan fingerprint density at radius 1 is 1.47 bits per heavy atom. The summed E-state index contributed by atoms with van der Waals surface area (Å²) >= 11 is 0. The number of hydrogen-bond acceptors (Lipinski definition) is 6. The number of carbonyl (C=O) groups excluding carboxylic acids is 1. The topological polar surface area (TPSA) is 73.1 Å². The lowest BCUT2D eigenvalue weighted by Gasteiger charge is -2.26. The number of nitrogens with zero attached hydrogens (tertiary/aromatic N) is 5. The van der Waals surface area contributed by atoms with E-state index in [0.29, 0.717) is 12.4 Å². The lowest BCUT2D eigenvalue weighted by Crippen LogP contribution is -2.40. The van der Waals surface area contributed by atoms with Crippen molar-refractivity contribution in [3.63, 3.8) is 0 Å². The molecule has 1 fully saturated rings. The van der Waals surface area contributed by atoms with E-state index in [-0.39, 0.29) is 12.0 Å². The summed E-state index contributed by atoms with van der Waals surface area (Å²) in [6.45, 7) is 7.05. The molecule has 19 heavy (non-hydrogen) atoms. The summed E-state index contributed by atoms with van der Waals surface area (Å²) in [7, 11) is 1.73. The van der Waals surface area contributed by atoms with Gasteiger partial charge in [0, 0.05) is 0 Å². The highest BCUT2D eigenvalue weighted by Crippen LogP contribution is 2.22. The Morgan fingerprint density at radius 2 is 2.21 bits per heavy atom. The first-order chi connectivity index (χ1) is 8.85. The van der Waals surface area contributed by atoms with Crippen LogP contribution in [0.5, 0.6) is 0 Å². The standard InChI is InChI=1S/C12H21N5O2/c1-12(2,3)19-11(18)9-6-5-7-17(9)8-10-13-15-16(4)14-10/h9H,5-8H2,1-4H3/t9-/m1/s1. The van der Waals surface area contributed by atoms with Crippen LogP contribution in [0, 0.1) is 0 Å². The third-order valence-electron chi connectivity index (χ3n) is 2.94. The Balaban J connectivity index is 1.98. The zero-order valence-electron chi connectivity index (χ0n) is 12.0. The molecule has 7 nitrogen and oxygen atoms in total. The van der Waals surface area contributed by atoms with E-state index in [1.54, 1.807) is 7.05 Å². The molecule has 7 heteroatoms. The van der Waals surface area contributed by atoms with Gasteiger partial charge in [-0.05, 0) is 45.4 Å². The van der Waals surface area contributed by atoms with E-state index in [9.17, 15) is 4.79 Å². The molecule has 1 aromatic heterocycles. The van der Waals surface area contributed by atoms with Gasteiger partial charge in [-0.2, -0.15) is 4.80 Å². The molecule has 0 saturated carbocycles. The fourth-order valence-electron chi connectivity index (χ4n) is 2.22. The van der Waals surface area contributed by atoms with E-state index >= 15 is 0 Å². The SMILES string of the molecule is Cn1nnc(CN2CCC[C@@H]2C(=O)OC(C)(C)C)n1. The van der Waals surface area contributed by atoms with Crippen LogP contribution in [0.3, 0.4) is 0 Å². The van der Waals surface area contributed by atoms with Gasteiger partial charge in [-0.3, -0.25) is 9.69 Å². The first-order valence-electron chi connectivity index (χ1n) is 6.55. The molecule has 0 bridgehead atoms. The van der Waals surface area contributed by atoms with Crippen molar-refractivity contribution in [3.8, 4) is 0 Å². The number of tetrazole rings is 1. The minimum absolute atomic E-state index is 0.158. The van der Waals surface area contributed by atoms with Crippen molar-refractivity contribution in [2.45, 2.75) is 51.8 Å². The molecule has 0 amide bonds. The molecule has 0 aliphatic carbocycles.